The van der Waals surface area contributed by atoms with Crippen molar-refractivity contribution in [3.63, 3.8) is 0 Å². The summed E-state index contributed by atoms with van der Waals surface area (Å²) in [5.41, 5.74) is 9.01. The Morgan fingerprint density at radius 2 is 1.68 bits per heavy atom. The van der Waals surface area contributed by atoms with Gasteiger partial charge in [0.15, 0.2) is 11.5 Å². The first-order valence-electron chi connectivity index (χ1n) is 13.6. The molecule has 2 heterocycles. The molecule has 0 radical (unpaired) electrons. The van der Waals surface area contributed by atoms with E-state index in [-0.39, 0.29) is 36.2 Å². The summed E-state index contributed by atoms with van der Waals surface area (Å²) in [5, 5.41) is 2.84. The molecule has 210 valence electrons. The molecule has 2 aliphatic heterocycles. The van der Waals surface area contributed by atoms with Gasteiger partial charge in [0.2, 0.25) is 5.91 Å². The maximum absolute atomic E-state index is 13.5. The summed E-state index contributed by atoms with van der Waals surface area (Å²) in [7, 11) is 1.60. The lowest BCUT2D eigenvalue weighted by atomic mass is 10.1. The van der Waals surface area contributed by atoms with E-state index in [0.29, 0.717) is 40.5 Å². The second-order valence-corrected chi connectivity index (χ2v) is 10.5. The Morgan fingerprint density at radius 1 is 0.902 bits per heavy atom. The van der Waals surface area contributed by atoms with Gasteiger partial charge in [-0.25, -0.2) is 0 Å². The predicted molar refractivity (Wildman–Crippen MR) is 151 cm³/mol. The average molecular weight is 555 g/mol. The molecule has 3 aromatic rings. The molecular weight excluding hydrogens is 524 g/mol. The standard InChI is InChI=1S/C31H30N4O6/c1-40-26-11-9-21(14-27(26)41-22-4-2-3-5-22)34-17-19-7-6-18(12-24(19)30(34)38)16-35-29(37)23-10-8-20(33-15-28(32)36)13-25(23)31(35)39/h6-14,22,33H,2-5,15-17H2,1H3,(H2,32,36). The normalized spacial score (nSPS) is 16.3. The van der Waals surface area contributed by atoms with Crippen LogP contribution >= 0.6 is 0 Å². The van der Waals surface area contributed by atoms with Gasteiger partial charge in [0.1, 0.15) is 0 Å². The highest BCUT2D eigenvalue weighted by molar-refractivity contribution is 6.21. The van der Waals surface area contributed by atoms with Gasteiger partial charge in [-0.15, -0.1) is 0 Å². The Morgan fingerprint density at radius 3 is 2.44 bits per heavy atom. The fraction of sp³-hybridized carbons (Fsp3) is 0.290. The van der Waals surface area contributed by atoms with E-state index < -0.39 is 17.7 Å². The number of ether oxygens (including phenoxy) is 2. The smallest absolute Gasteiger partial charge is 0.261 e. The van der Waals surface area contributed by atoms with E-state index in [1.54, 1.807) is 36.3 Å². The van der Waals surface area contributed by atoms with Gasteiger partial charge in [-0.05, 0) is 73.2 Å². The van der Waals surface area contributed by atoms with Crippen molar-refractivity contribution in [1.82, 2.24) is 4.90 Å². The van der Waals surface area contributed by atoms with Crippen LogP contribution in [0.4, 0.5) is 11.4 Å². The second-order valence-electron chi connectivity index (χ2n) is 10.5. The minimum absolute atomic E-state index is 0.0267. The molecule has 0 saturated heterocycles. The first-order valence-corrected chi connectivity index (χ1v) is 13.6. The van der Waals surface area contributed by atoms with E-state index in [1.807, 2.05) is 30.3 Å². The van der Waals surface area contributed by atoms with Crippen LogP contribution in [0.15, 0.2) is 54.6 Å². The molecule has 0 atom stereocenters. The van der Waals surface area contributed by atoms with Crippen LogP contribution in [0, 0.1) is 0 Å². The van der Waals surface area contributed by atoms with Crippen molar-refractivity contribution in [3.8, 4) is 11.5 Å². The van der Waals surface area contributed by atoms with Crippen LogP contribution in [0.1, 0.15) is 67.9 Å². The summed E-state index contributed by atoms with van der Waals surface area (Å²) in [4.78, 5) is 53.6. The average Bonchev–Trinajstić information content (AvgIpc) is 3.66. The van der Waals surface area contributed by atoms with Crippen LogP contribution in [0.25, 0.3) is 0 Å². The van der Waals surface area contributed by atoms with E-state index in [4.69, 9.17) is 15.2 Å². The Balaban J connectivity index is 1.19. The van der Waals surface area contributed by atoms with Gasteiger partial charge in [-0.3, -0.25) is 24.1 Å². The molecule has 1 fully saturated rings. The minimum atomic E-state index is -0.538. The Hall–Kier alpha value is -4.86. The molecule has 4 amide bonds. The summed E-state index contributed by atoms with van der Waals surface area (Å²) in [6.45, 7) is 0.340. The molecule has 1 aliphatic carbocycles. The van der Waals surface area contributed by atoms with Gasteiger partial charge in [0.25, 0.3) is 17.7 Å². The number of fused-ring (bicyclic) bond motifs is 2. The molecule has 3 N–H and O–H groups in total. The third-order valence-electron chi connectivity index (χ3n) is 7.81. The number of carbonyl (C=O) groups is 4. The molecule has 0 spiro atoms. The van der Waals surface area contributed by atoms with E-state index >= 15 is 0 Å². The van der Waals surface area contributed by atoms with Crippen molar-refractivity contribution in [2.24, 2.45) is 5.73 Å². The molecule has 1 saturated carbocycles. The maximum atomic E-state index is 13.5. The number of methoxy groups -OCH3 is 1. The molecule has 0 bridgehead atoms. The lowest BCUT2D eigenvalue weighted by Gasteiger charge is -2.20. The molecule has 0 aromatic heterocycles. The minimum Gasteiger partial charge on any atom is -0.493 e. The van der Waals surface area contributed by atoms with Crippen molar-refractivity contribution in [2.75, 3.05) is 23.9 Å². The third-order valence-corrected chi connectivity index (χ3v) is 7.81. The maximum Gasteiger partial charge on any atom is 0.261 e. The number of nitrogens with two attached hydrogens (primary N) is 1. The second kappa shape index (κ2) is 10.6. The van der Waals surface area contributed by atoms with Crippen LogP contribution < -0.4 is 25.4 Å². The number of amides is 4. The van der Waals surface area contributed by atoms with Crippen LogP contribution in [0.2, 0.25) is 0 Å². The van der Waals surface area contributed by atoms with Crippen LogP contribution in [0.3, 0.4) is 0 Å². The number of primary amides is 1. The topological polar surface area (TPSA) is 131 Å². The summed E-state index contributed by atoms with van der Waals surface area (Å²) in [6.07, 6.45) is 4.44. The largest absolute Gasteiger partial charge is 0.493 e. The van der Waals surface area contributed by atoms with Gasteiger partial charge in [0.05, 0.1) is 44.0 Å². The van der Waals surface area contributed by atoms with Crippen molar-refractivity contribution in [2.45, 2.75) is 44.9 Å². The van der Waals surface area contributed by atoms with Crippen molar-refractivity contribution in [3.05, 3.63) is 82.4 Å². The number of anilines is 2. The summed E-state index contributed by atoms with van der Waals surface area (Å²) >= 11 is 0. The molecule has 0 unspecified atom stereocenters. The number of imide groups is 1. The summed E-state index contributed by atoms with van der Waals surface area (Å²) < 4.78 is 11.7. The highest BCUT2D eigenvalue weighted by atomic mass is 16.5. The van der Waals surface area contributed by atoms with E-state index in [0.717, 1.165) is 36.1 Å². The fourth-order valence-electron chi connectivity index (χ4n) is 5.68. The Labute approximate surface area is 237 Å². The van der Waals surface area contributed by atoms with E-state index in [2.05, 4.69) is 5.32 Å². The summed E-state index contributed by atoms with van der Waals surface area (Å²) in [6, 6.07) is 15.7. The lowest BCUT2D eigenvalue weighted by molar-refractivity contribution is -0.116. The van der Waals surface area contributed by atoms with Gasteiger partial charge in [-0.1, -0.05) is 12.1 Å². The quantitative estimate of drug-likeness (QED) is 0.384. The van der Waals surface area contributed by atoms with Gasteiger partial charge < -0.3 is 25.4 Å². The molecule has 3 aliphatic rings. The number of hydrogen-bond donors (Lipinski definition) is 2. The number of carbonyl (C=O) groups excluding carboxylic acids is 4. The number of rotatable bonds is 9. The van der Waals surface area contributed by atoms with Crippen molar-refractivity contribution in [1.29, 1.82) is 0 Å². The van der Waals surface area contributed by atoms with Gasteiger partial charge in [0, 0.05) is 23.0 Å². The fourth-order valence-corrected chi connectivity index (χ4v) is 5.68. The summed E-state index contributed by atoms with van der Waals surface area (Å²) in [5.74, 6) is -0.290. The molecule has 10 heteroatoms. The Bertz CT molecular complexity index is 1580. The third kappa shape index (κ3) is 4.97. The molecule has 6 rings (SSSR count). The number of benzene rings is 3. The van der Waals surface area contributed by atoms with E-state index in [1.165, 1.54) is 0 Å². The van der Waals surface area contributed by atoms with Gasteiger partial charge in [-0.2, -0.15) is 0 Å². The highest BCUT2D eigenvalue weighted by Gasteiger charge is 2.36. The van der Waals surface area contributed by atoms with Crippen LogP contribution in [0.5, 0.6) is 11.5 Å². The number of nitrogens with one attached hydrogen (secondary N) is 1. The van der Waals surface area contributed by atoms with Gasteiger partial charge >= 0.3 is 0 Å². The number of hydrogen-bond acceptors (Lipinski definition) is 7. The zero-order valence-electron chi connectivity index (χ0n) is 22.6. The highest BCUT2D eigenvalue weighted by Crippen LogP contribution is 2.38. The first-order chi connectivity index (χ1) is 19.8. The predicted octanol–water partition coefficient (Wildman–Crippen LogP) is 3.87. The molecular formula is C31H30N4O6. The van der Waals surface area contributed by atoms with Crippen LogP contribution in [-0.2, 0) is 17.9 Å². The Kier molecular flexibility index (Phi) is 6.82. The van der Waals surface area contributed by atoms with Crippen LogP contribution in [-0.4, -0.2) is 48.3 Å². The molecule has 41 heavy (non-hydrogen) atoms. The molecule has 10 nitrogen and oxygen atoms in total. The zero-order chi connectivity index (χ0) is 28.7. The van der Waals surface area contributed by atoms with E-state index in [9.17, 15) is 19.2 Å². The first kappa shape index (κ1) is 26.4. The monoisotopic (exact) mass is 554 g/mol. The zero-order valence-corrected chi connectivity index (χ0v) is 22.6. The van der Waals surface area contributed by atoms with Crippen molar-refractivity contribution < 1.29 is 28.7 Å². The van der Waals surface area contributed by atoms with Crippen molar-refractivity contribution >= 4 is 35.0 Å². The number of nitrogens with zero attached hydrogens (tertiary/aromatic N) is 2. The SMILES string of the molecule is COc1ccc(N2Cc3ccc(CN4C(=O)c5ccc(NCC(N)=O)cc5C4=O)cc3C2=O)cc1OC1CCCC1. The molecule has 3 aromatic carbocycles. The lowest BCUT2D eigenvalue weighted by Crippen LogP contribution is -2.29.